The van der Waals surface area contributed by atoms with Crippen LogP contribution in [0.5, 0.6) is 0 Å². The number of nitrogens with one attached hydrogen (secondary N) is 2. The van der Waals surface area contributed by atoms with Gasteiger partial charge in [-0.25, -0.2) is 0 Å². The number of hydrogen-bond acceptors (Lipinski definition) is 3. The number of hydrogen-bond donors (Lipinski definition) is 2. The van der Waals surface area contributed by atoms with E-state index < -0.39 is 0 Å². The quantitative estimate of drug-likeness (QED) is 0.422. The highest BCUT2D eigenvalue weighted by Crippen LogP contribution is 2.28. The van der Waals surface area contributed by atoms with Crippen LogP contribution in [-0.4, -0.2) is 17.1 Å². The molecule has 154 valence electrons. The van der Waals surface area contributed by atoms with Crippen molar-refractivity contribution in [2.75, 3.05) is 10.6 Å². The van der Waals surface area contributed by atoms with Crippen LogP contribution in [0.1, 0.15) is 18.9 Å². The number of thioether (sulfide) groups is 1. The van der Waals surface area contributed by atoms with E-state index in [-0.39, 0.29) is 17.1 Å². The summed E-state index contributed by atoms with van der Waals surface area (Å²) in [5, 5.41) is 6.23. The number of rotatable bonds is 8. The van der Waals surface area contributed by atoms with Gasteiger partial charge in [-0.3, -0.25) is 9.59 Å². The Morgan fingerprint density at radius 1 is 0.900 bits per heavy atom. The molecule has 0 spiro atoms. The van der Waals surface area contributed by atoms with Gasteiger partial charge in [0.15, 0.2) is 0 Å². The second-order valence-corrected chi connectivity index (χ2v) is 8.46. The normalized spacial score (nSPS) is 11.5. The van der Waals surface area contributed by atoms with E-state index in [1.165, 1.54) is 11.8 Å². The lowest BCUT2D eigenvalue weighted by atomic mass is 10.1. The fourth-order valence-electron chi connectivity index (χ4n) is 2.88. The highest BCUT2D eigenvalue weighted by molar-refractivity contribution is 8.00. The van der Waals surface area contributed by atoms with Gasteiger partial charge in [0.1, 0.15) is 0 Å². The van der Waals surface area contributed by atoms with E-state index in [9.17, 15) is 9.59 Å². The monoisotopic (exact) mass is 438 g/mol. The number of anilines is 2. The van der Waals surface area contributed by atoms with Crippen LogP contribution >= 0.6 is 23.4 Å². The minimum atomic E-state index is -0.254. The molecular weight excluding hydrogens is 416 g/mol. The average molecular weight is 439 g/mol. The summed E-state index contributed by atoms with van der Waals surface area (Å²) in [6.45, 7) is 1.98. The summed E-state index contributed by atoms with van der Waals surface area (Å²) >= 11 is 7.37. The SMILES string of the molecule is CCC(Sc1cccc(NC(=O)Cc2ccccc2)c1)C(=O)Nc1ccc(Cl)cc1. The summed E-state index contributed by atoms with van der Waals surface area (Å²) < 4.78 is 0. The van der Waals surface area contributed by atoms with Gasteiger partial charge in [0.05, 0.1) is 11.7 Å². The van der Waals surface area contributed by atoms with Crippen molar-refractivity contribution in [2.24, 2.45) is 0 Å². The summed E-state index contributed by atoms with van der Waals surface area (Å²) in [4.78, 5) is 25.9. The van der Waals surface area contributed by atoms with Crippen LogP contribution in [0.15, 0.2) is 83.8 Å². The molecule has 0 saturated heterocycles. The van der Waals surface area contributed by atoms with Crippen LogP contribution in [0.25, 0.3) is 0 Å². The van der Waals surface area contributed by atoms with E-state index in [1.807, 2.05) is 61.5 Å². The highest BCUT2D eigenvalue weighted by Gasteiger charge is 2.18. The van der Waals surface area contributed by atoms with Gasteiger partial charge in [0, 0.05) is 21.3 Å². The Morgan fingerprint density at radius 3 is 2.33 bits per heavy atom. The molecule has 0 aromatic heterocycles. The van der Waals surface area contributed by atoms with E-state index in [1.54, 1.807) is 24.3 Å². The van der Waals surface area contributed by atoms with Gasteiger partial charge in [-0.2, -0.15) is 0 Å². The Bertz CT molecular complexity index is 994. The maximum atomic E-state index is 12.7. The predicted octanol–water partition coefficient (Wildman–Crippen LogP) is 6.03. The van der Waals surface area contributed by atoms with E-state index in [0.29, 0.717) is 29.2 Å². The summed E-state index contributed by atoms with van der Waals surface area (Å²) in [5.41, 5.74) is 2.39. The average Bonchev–Trinajstić information content (AvgIpc) is 2.74. The summed E-state index contributed by atoms with van der Waals surface area (Å²) in [6.07, 6.45) is 0.994. The van der Waals surface area contributed by atoms with Crippen molar-refractivity contribution in [3.63, 3.8) is 0 Å². The van der Waals surface area contributed by atoms with Gasteiger partial charge in [0.2, 0.25) is 11.8 Å². The number of benzene rings is 3. The Labute approximate surface area is 186 Å². The molecular formula is C24H23ClN2O2S. The molecule has 1 unspecified atom stereocenters. The Kier molecular flexibility index (Phi) is 7.94. The van der Waals surface area contributed by atoms with Crippen LogP contribution < -0.4 is 10.6 Å². The lowest BCUT2D eigenvalue weighted by molar-refractivity contribution is -0.116. The first kappa shape index (κ1) is 21.9. The van der Waals surface area contributed by atoms with E-state index >= 15 is 0 Å². The summed E-state index contributed by atoms with van der Waals surface area (Å²) in [7, 11) is 0. The molecule has 1 atom stereocenters. The van der Waals surface area contributed by atoms with Gasteiger partial charge in [-0.05, 0) is 54.4 Å². The minimum absolute atomic E-state index is 0.0664. The third kappa shape index (κ3) is 6.65. The van der Waals surface area contributed by atoms with Crippen LogP contribution in [0.2, 0.25) is 5.02 Å². The van der Waals surface area contributed by atoms with Gasteiger partial charge < -0.3 is 10.6 Å². The minimum Gasteiger partial charge on any atom is -0.326 e. The number of halogens is 1. The molecule has 0 bridgehead atoms. The zero-order valence-corrected chi connectivity index (χ0v) is 18.2. The van der Waals surface area contributed by atoms with Crippen LogP contribution in [0.4, 0.5) is 11.4 Å². The second kappa shape index (κ2) is 10.9. The zero-order chi connectivity index (χ0) is 21.3. The van der Waals surface area contributed by atoms with Gasteiger partial charge in [-0.15, -0.1) is 11.8 Å². The molecule has 3 aromatic rings. The molecule has 3 aromatic carbocycles. The fraction of sp³-hybridized carbons (Fsp3) is 0.167. The highest BCUT2D eigenvalue weighted by atomic mass is 35.5. The van der Waals surface area contributed by atoms with Crippen molar-refractivity contribution in [1.82, 2.24) is 0 Å². The Hall–Kier alpha value is -2.76. The molecule has 2 N–H and O–H groups in total. The second-order valence-electron chi connectivity index (χ2n) is 6.75. The molecule has 6 heteroatoms. The van der Waals surface area contributed by atoms with E-state index in [2.05, 4.69) is 10.6 Å². The molecule has 30 heavy (non-hydrogen) atoms. The van der Waals surface area contributed by atoms with E-state index in [0.717, 1.165) is 10.5 Å². The van der Waals surface area contributed by atoms with Crippen molar-refractivity contribution in [3.05, 3.63) is 89.4 Å². The van der Waals surface area contributed by atoms with Gasteiger partial charge >= 0.3 is 0 Å². The smallest absolute Gasteiger partial charge is 0.237 e. The fourth-order valence-corrected chi connectivity index (χ4v) is 4.02. The van der Waals surface area contributed by atoms with Crippen molar-refractivity contribution >= 4 is 46.6 Å². The van der Waals surface area contributed by atoms with Crippen LogP contribution in [-0.2, 0) is 16.0 Å². The lowest BCUT2D eigenvalue weighted by Gasteiger charge is -2.15. The van der Waals surface area contributed by atoms with Gasteiger partial charge in [0.25, 0.3) is 0 Å². The number of amides is 2. The number of carbonyl (C=O) groups is 2. The third-order valence-corrected chi connectivity index (χ3v) is 5.99. The van der Waals surface area contributed by atoms with Crippen molar-refractivity contribution in [2.45, 2.75) is 29.9 Å². The van der Waals surface area contributed by atoms with Crippen molar-refractivity contribution in [1.29, 1.82) is 0 Å². The standard InChI is InChI=1S/C24H23ClN2O2S/c1-2-22(24(29)27-19-13-11-18(25)12-14-19)30-21-10-6-9-20(16-21)26-23(28)15-17-7-4-3-5-8-17/h3-14,16,22H,2,15H2,1H3,(H,26,28)(H,27,29). The first-order valence-corrected chi connectivity index (χ1v) is 11.0. The molecule has 0 aliphatic heterocycles. The number of carbonyl (C=O) groups excluding carboxylic acids is 2. The summed E-state index contributed by atoms with van der Waals surface area (Å²) in [6, 6.07) is 24.2. The Morgan fingerprint density at radius 2 is 1.63 bits per heavy atom. The molecule has 4 nitrogen and oxygen atoms in total. The van der Waals surface area contributed by atoms with Crippen LogP contribution in [0, 0.1) is 0 Å². The third-order valence-electron chi connectivity index (χ3n) is 4.38. The molecule has 2 amide bonds. The maximum absolute atomic E-state index is 12.7. The molecule has 3 rings (SSSR count). The molecule has 0 heterocycles. The van der Waals surface area contributed by atoms with Crippen LogP contribution in [0.3, 0.4) is 0 Å². The molecule has 0 saturated carbocycles. The van der Waals surface area contributed by atoms with Crippen molar-refractivity contribution in [3.8, 4) is 0 Å². The lowest BCUT2D eigenvalue weighted by Crippen LogP contribution is -2.24. The predicted molar refractivity (Wildman–Crippen MR) is 125 cm³/mol. The first-order valence-electron chi connectivity index (χ1n) is 9.70. The first-order chi connectivity index (χ1) is 14.5. The largest absolute Gasteiger partial charge is 0.326 e. The summed E-state index contributed by atoms with van der Waals surface area (Å²) in [5.74, 6) is -0.140. The molecule has 0 fully saturated rings. The molecule has 0 radical (unpaired) electrons. The van der Waals surface area contributed by atoms with E-state index in [4.69, 9.17) is 11.6 Å². The zero-order valence-electron chi connectivity index (χ0n) is 16.6. The molecule has 0 aliphatic rings. The Balaban J connectivity index is 1.60. The van der Waals surface area contributed by atoms with Gasteiger partial charge in [-0.1, -0.05) is 54.9 Å². The van der Waals surface area contributed by atoms with Crippen molar-refractivity contribution < 1.29 is 9.59 Å². The maximum Gasteiger partial charge on any atom is 0.237 e. The molecule has 0 aliphatic carbocycles. The topological polar surface area (TPSA) is 58.2 Å².